The molecule has 3 aromatic rings. The van der Waals surface area contributed by atoms with Crippen LogP contribution in [0.1, 0.15) is 25.3 Å². The van der Waals surface area contributed by atoms with Crippen LogP contribution in [-0.2, 0) is 9.59 Å². The second-order valence-corrected chi connectivity index (χ2v) is 9.83. The Morgan fingerprint density at radius 3 is 2.57 bits per heavy atom. The van der Waals surface area contributed by atoms with E-state index in [1.54, 1.807) is 30.6 Å². The quantitative estimate of drug-likeness (QED) is 0.345. The van der Waals surface area contributed by atoms with E-state index in [0.29, 0.717) is 45.0 Å². The van der Waals surface area contributed by atoms with Crippen LogP contribution < -0.4 is 20.7 Å². The number of hydrogen-bond donors (Lipinski definition) is 3. The Morgan fingerprint density at radius 2 is 1.92 bits per heavy atom. The van der Waals surface area contributed by atoms with Gasteiger partial charge in [0.15, 0.2) is 5.13 Å². The number of ether oxygens (including phenoxy) is 1. The molecule has 2 heterocycles. The van der Waals surface area contributed by atoms with Gasteiger partial charge in [0.25, 0.3) is 5.91 Å². The highest BCUT2D eigenvalue weighted by atomic mass is 32.2. The lowest BCUT2D eigenvalue weighted by atomic mass is 9.82. The number of para-hydroxylation sites is 1. The number of rotatable bonds is 9. The van der Waals surface area contributed by atoms with E-state index in [9.17, 15) is 14.9 Å². The maximum absolute atomic E-state index is 13.5. The maximum Gasteiger partial charge on any atom is 0.254 e. The standard InChI is InChI=1S/C27H25N5O3S2/c1-3-35-20-11-9-18(10-12-20)24-21(15-28)26(37-16-22(33)32-27-29-13-14-36-27)30-17(2)23(24)25(34)31-19-7-5-4-6-8-19/h4-14,24,30H,3,16H2,1-2H3,(H,31,34)(H,29,32,33). The van der Waals surface area contributed by atoms with E-state index >= 15 is 0 Å². The summed E-state index contributed by atoms with van der Waals surface area (Å²) in [7, 11) is 0. The molecule has 0 radical (unpaired) electrons. The fourth-order valence-corrected chi connectivity index (χ4v) is 5.32. The summed E-state index contributed by atoms with van der Waals surface area (Å²) in [5, 5.41) is 21.9. The monoisotopic (exact) mass is 531 g/mol. The molecule has 4 rings (SSSR count). The van der Waals surface area contributed by atoms with Crippen LogP contribution in [0.4, 0.5) is 10.8 Å². The Morgan fingerprint density at radius 1 is 1.16 bits per heavy atom. The van der Waals surface area contributed by atoms with Gasteiger partial charge in [-0.1, -0.05) is 42.1 Å². The van der Waals surface area contributed by atoms with Gasteiger partial charge in [0.1, 0.15) is 5.75 Å². The number of nitriles is 1. The lowest BCUT2D eigenvalue weighted by molar-refractivity contribution is -0.114. The first kappa shape index (κ1) is 26.0. The summed E-state index contributed by atoms with van der Waals surface area (Å²) in [6.45, 7) is 4.24. The van der Waals surface area contributed by atoms with E-state index in [1.807, 2.05) is 49.4 Å². The van der Waals surface area contributed by atoms with E-state index in [0.717, 1.165) is 5.56 Å². The average Bonchev–Trinajstić information content (AvgIpc) is 3.41. The Kier molecular flexibility index (Phi) is 8.61. The van der Waals surface area contributed by atoms with Crippen molar-refractivity contribution in [1.82, 2.24) is 10.3 Å². The number of thiazole rings is 1. The van der Waals surface area contributed by atoms with Crippen molar-refractivity contribution in [2.75, 3.05) is 23.0 Å². The van der Waals surface area contributed by atoms with E-state index in [2.05, 4.69) is 27.0 Å². The minimum absolute atomic E-state index is 0.0713. The zero-order valence-corrected chi connectivity index (χ0v) is 21.9. The molecule has 188 valence electrons. The number of nitrogens with one attached hydrogen (secondary N) is 3. The van der Waals surface area contributed by atoms with Crippen LogP contribution in [-0.4, -0.2) is 29.2 Å². The highest BCUT2D eigenvalue weighted by molar-refractivity contribution is 8.03. The molecule has 0 spiro atoms. The van der Waals surface area contributed by atoms with Crippen molar-refractivity contribution in [3.05, 3.63) is 93.6 Å². The van der Waals surface area contributed by atoms with Crippen molar-refractivity contribution >= 4 is 45.7 Å². The highest BCUT2D eigenvalue weighted by Crippen LogP contribution is 2.41. The number of carbonyl (C=O) groups excluding carboxylic acids is 2. The maximum atomic E-state index is 13.5. The van der Waals surface area contributed by atoms with Crippen molar-refractivity contribution in [3.63, 3.8) is 0 Å². The first-order chi connectivity index (χ1) is 18.0. The van der Waals surface area contributed by atoms with Gasteiger partial charge in [0.2, 0.25) is 5.91 Å². The second-order valence-electron chi connectivity index (χ2n) is 7.95. The molecule has 8 nitrogen and oxygen atoms in total. The summed E-state index contributed by atoms with van der Waals surface area (Å²) in [4.78, 5) is 30.0. The molecule has 0 fully saturated rings. The molecule has 0 bridgehead atoms. The molecule has 1 atom stereocenters. The number of dihydropyridines is 1. The van der Waals surface area contributed by atoms with Gasteiger partial charge in [0.05, 0.1) is 34.9 Å². The average molecular weight is 532 g/mol. The van der Waals surface area contributed by atoms with Gasteiger partial charge < -0.3 is 20.7 Å². The van der Waals surface area contributed by atoms with E-state index in [1.165, 1.54) is 23.1 Å². The molecule has 0 saturated carbocycles. The van der Waals surface area contributed by atoms with Crippen LogP contribution in [0, 0.1) is 11.3 Å². The van der Waals surface area contributed by atoms with Crippen molar-refractivity contribution in [1.29, 1.82) is 5.26 Å². The SMILES string of the molecule is CCOc1ccc(C2C(C#N)=C(SCC(=O)Nc3nccs3)NC(C)=C2C(=O)Nc2ccccc2)cc1. The molecule has 1 aliphatic heterocycles. The number of benzene rings is 2. The summed E-state index contributed by atoms with van der Waals surface area (Å²) in [5.41, 5.74) is 2.82. The molecule has 1 unspecified atom stereocenters. The van der Waals surface area contributed by atoms with E-state index in [-0.39, 0.29) is 17.6 Å². The van der Waals surface area contributed by atoms with Crippen molar-refractivity contribution in [2.24, 2.45) is 0 Å². The molecule has 0 aliphatic carbocycles. The Hall–Kier alpha value is -4.07. The lowest BCUT2D eigenvalue weighted by Crippen LogP contribution is -2.31. The molecule has 37 heavy (non-hydrogen) atoms. The third-order valence-electron chi connectivity index (χ3n) is 5.47. The molecule has 2 amide bonds. The summed E-state index contributed by atoms with van der Waals surface area (Å²) in [6, 6.07) is 18.8. The minimum Gasteiger partial charge on any atom is -0.494 e. The fourth-order valence-electron chi connectivity index (χ4n) is 3.88. The number of aromatic nitrogens is 1. The third kappa shape index (κ3) is 6.39. The number of amides is 2. The fraction of sp³-hybridized carbons (Fsp3) is 0.185. The molecule has 3 N–H and O–H groups in total. The van der Waals surface area contributed by atoms with Crippen LogP contribution in [0.5, 0.6) is 5.75 Å². The van der Waals surface area contributed by atoms with Crippen molar-refractivity contribution in [3.8, 4) is 11.8 Å². The predicted molar refractivity (Wildman–Crippen MR) is 147 cm³/mol. The summed E-state index contributed by atoms with van der Waals surface area (Å²) in [5.74, 6) is -0.406. The molecular weight excluding hydrogens is 506 g/mol. The van der Waals surface area contributed by atoms with Gasteiger partial charge in [-0.15, -0.1) is 11.3 Å². The highest BCUT2D eigenvalue weighted by Gasteiger charge is 2.35. The zero-order valence-electron chi connectivity index (χ0n) is 20.3. The summed E-state index contributed by atoms with van der Waals surface area (Å²) < 4.78 is 5.57. The van der Waals surface area contributed by atoms with Gasteiger partial charge in [-0.25, -0.2) is 4.98 Å². The van der Waals surface area contributed by atoms with E-state index < -0.39 is 5.92 Å². The number of thioether (sulfide) groups is 1. The number of allylic oxidation sites excluding steroid dienone is 2. The number of hydrogen-bond acceptors (Lipinski definition) is 8. The topological polar surface area (TPSA) is 116 Å². The number of nitrogens with zero attached hydrogens (tertiary/aromatic N) is 2. The molecular formula is C27H25N5O3S2. The molecule has 2 aromatic carbocycles. The lowest BCUT2D eigenvalue weighted by Gasteiger charge is -2.30. The Balaban J connectivity index is 1.65. The van der Waals surface area contributed by atoms with Crippen LogP contribution >= 0.6 is 23.1 Å². The summed E-state index contributed by atoms with van der Waals surface area (Å²) >= 11 is 2.54. The van der Waals surface area contributed by atoms with Crippen LogP contribution in [0.2, 0.25) is 0 Å². The van der Waals surface area contributed by atoms with Gasteiger partial charge in [-0.3, -0.25) is 9.59 Å². The first-order valence-corrected chi connectivity index (χ1v) is 13.4. The van der Waals surface area contributed by atoms with Crippen molar-refractivity contribution < 1.29 is 14.3 Å². The smallest absolute Gasteiger partial charge is 0.254 e. The molecule has 10 heteroatoms. The van der Waals surface area contributed by atoms with E-state index in [4.69, 9.17) is 4.74 Å². The number of anilines is 2. The van der Waals surface area contributed by atoms with Gasteiger partial charge in [0, 0.05) is 28.5 Å². The number of carbonyl (C=O) groups is 2. The van der Waals surface area contributed by atoms with Gasteiger partial charge in [-0.2, -0.15) is 5.26 Å². The van der Waals surface area contributed by atoms with Gasteiger partial charge >= 0.3 is 0 Å². The molecule has 1 aliphatic rings. The van der Waals surface area contributed by atoms with Crippen LogP contribution in [0.15, 0.2) is 88.0 Å². The van der Waals surface area contributed by atoms with Gasteiger partial charge in [-0.05, 0) is 43.7 Å². The van der Waals surface area contributed by atoms with Crippen LogP contribution in [0.3, 0.4) is 0 Å². The molecule has 0 saturated heterocycles. The van der Waals surface area contributed by atoms with Crippen molar-refractivity contribution in [2.45, 2.75) is 19.8 Å². The minimum atomic E-state index is -0.629. The Bertz CT molecular complexity index is 1360. The predicted octanol–water partition coefficient (Wildman–Crippen LogP) is 5.25. The third-order valence-corrected chi connectivity index (χ3v) is 7.18. The Labute approximate surface area is 223 Å². The largest absolute Gasteiger partial charge is 0.494 e. The second kappa shape index (κ2) is 12.3. The molecule has 1 aromatic heterocycles. The first-order valence-electron chi connectivity index (χ1n) is 11.5. The normalized spacial score (nSPS) is 15.0. The zero-order chi connectivity index (χ0) is 26.2. The van der Waals surface area contributed by atoms with Crippen LogP contribution in [0.25, 0.3) is 0 Å². The summed E-state index contributed by atoms with van der Waals surface area (Å²) in [6.07, 6.45) is 1.62.